The van der Waals surface area contributed by atoms with Crippen molar-refractivity contribution in [3.63, 3.8) is 0 Å². The fourth-order valence-corrected chi connectivity index (χ4v) is 2.40. The summed E-state index contributed by atoms with van der Waals surface area (Å²) in [7, 11) is 0. The van der Waals surface area contributed by atoms with Gasteiger partial charge in [-0.3, -0.25) is 4.79 Å². The standard InChI is InChI=1S/C16H17N3O2S2/c17-15(20)12-6-8-13(9-7-12)19(23)16(21)18-10-14(22)11-4-2-1-3-5-11/h1-9,14,22-23H,10H2,(H2,17,20)(H,18,21). The van der Waals surface area contributed by atoms with Gasteiger partial charge in [-0.05, 0) is 29.8 Å². The number of nitrogens with two attached hydrogens (primary N) is 1. The molecule has 5 nitrogen and oxygen atoms in total. The molecule has 0 aliphatic heterocycles. The number of rotatable bonds is 5. The molecule has 2 aromatic carbocycles. The van der Waals surface area contributed by atoms with Crippen LogP contribution in [-0.4, -0.2) is 18.5 Å². The van der Waals surface area contributed by atoms with Gasteiger partial charge in [-0.1, -0.05) is 43.1 Å². The molecule has 3 N–H and O–H groups in total. The zero-order valence-corrected chi connectivity index (χ0v) is 14.0. The summed E-state index contributed by atoms with van der Waals surface area (Å²) in [5, 5.41) is 2.65. The van der Waals surface area contributed by atoms with Crippen molar-refractivity contribution >= 4 is 43.1 Å². The van der Waals surface area contributed by atoms with E-state index in [1.165, 1.54) is 0 Å². The lowest BCUT2D eigenvalue weighted by Gasteiger charge is -2.18. The van der Waals surface area contributed by atoms with Gasteiger partial charge in [-0.15, -0.1) is 0 Å². The number of carbonyl (C=O) groups excluding carboxylic acids is 2. The van der Waals surface area contributed by atoms with Gasteiger partial charge in [-0.25, -0.2) is 9.10 Å². The molecule has 0 radical (unpaired) electrons. The lowest BCUT2D eigenvalue weighted by atomic mass is 10.1. The van der Waals surface area contributed by atoms with E-state index in [0.29, 0.717) is 17.8 Å². The Labute approximate surface area is 145 Å². The first-order valence-electron chi connectivity index (χ1n) is 6.88. The summed E-state index contributed by atoms with van der Waals surface area (Å²) in [6, 6.07) is 15.6. The lowest BCUT2D eigenvalue weighted by molar-refractivity contribution is 0.100. The van der Waals surface area contributed by atoms with Crippen LogP contribution in [0.4, 0.5) is 10.5 Å². The van der Waals surface area contributed by atoms with Gasteiger partial charge in [0, 0.05) is 17.4 Å². The Hall–Kier alpha value is -2.12. The largest absolute Gasteiger partial charge is 0.366 e. The Morgan fingerprint density at radius 2 is 1.70 bits per heavy atom. The highest BCUT2D eigenvalue weighted by molar-refractivity contribution is 7.82. The highest BCUT2D eigenvalue weighted by Crippen LogP contribution is 2.20. The summed E-state index contributed by atoms with van der Waals surface area (Å²) >= 11 is 8.65. The number of carbonyl (C=O) groups is 2. The number of nitrogens with one attached hydrogen (secondary N) is 1. The number of benzene rings is 2. The first kappa shape index (κ1) is 17.2. The van der Waals surface area contributed by atoms with Gasteiger partial charge in [0.15, 0.2) is 0 Å². The molecule has 0 aliphatic carbocycles. The first-order chi connectivity index (χ1) is 11.0. The third kappa shape index (κ3) is 4.67. The Balaban J connectivity index is 1.93. The van der Waals surface area contributed by atoms with E-state index in [9.17, 15) is 9.59 Å². The molecule has 0 saturated carbocycles. The monoisotopic (exact) mass is 347 g/mol. The van der Waals surface area contributed by atoms with Gasteiger partial charge in [0.25, 0.3) is 0 Å². The first-order valence-corrected chi connectivity index (χ1v) is 7.80. The van der Waals surface area contributed by atoms with Crippen molar-refractivity contribution in [2.24, 2.45) is 5.73 Å². The SMILES string of the molecule is NC(=O)c1ccc(N(S)C(=O)NCC(S)c2ccccc2)cc1. The zero-order valence-electron chi connectivity index (χ0n) is 12.2. The molecule has 23 heavy (non-hydrogen) atoms. The van der Waals surface area contributed by atoms with Crippen molar-refractivity contribution in [3.05, 3.63) is 65.7 Å². The predicted octanol–water partition coefficient (Wildman–Crippen LogP) is 2.82. The van der Waals surface area contributed by atoms with Gasteiger partial charge in [0.2, 0.25) is 5.91 Å². The van der Waals surface area contributed by atoms with Gasteiger partial charge < -0.3 is 11.1 Å². The fraction of sp³-hybridized carbons (Fsp3) is 0.125. The minimum absolute atomic E-state index is 0.112. The molecule has 2 aromatic rings. The molecular formula is C16H17N3O2S2. The van der Waals surface area contributed by atoms with Crippen molar-refractivity contribution < 1.29 is 9.59 Å². The van der Waals surface area contributed by atoms with Crippen LogP contribution in [-0.2, 0) is 0 Å². The molecule has 0 spiro atoms. The predicted molar refractivity (Wildman–Crippen MR) is 98.0 cm³/mol. The number of hydrogen-bond donors (Lipinski definition) is 4. The molecule has 7 heteroatoms. The summed E-state index contributed by atoms with van der Waals surface area (Å²) in [6.45, 7) is 0.363. The number of anilines is 1. The lowest BCUT2D eigenvalue weighted by Crippen LogP contribution is -2.35. The van der Waals surface area contributed by atoms with Crippen LogP contribution >= 0.6 is 25.4 Å². The maximum absolute atomic E-state index is 12.1. The van der Waals surface area contributed by atoms with E-state index in [-0.39, 0.29) is 11.3 Å². The number of primary amides is 1. The third-order valence-corrected chi connectivity index (χ3v) is 4.11. The van der Waals surface area contributed by atoms with Crippen molar-refractivity contribution in [2.45, 2.75) is 5.25 Å². The normalized spacial score (nSPS) is 11.6. The quantitative estimate of drug-likeness (QED) is 0.628. The van der Waals surface area contributed by atoms with Crippen molar-refractivity contribution in [1.82, 2.24) is 5.32 Å². The number of thiol groups is 2. The van der Waals surface area contributed by atoms with Crippen LogP contribution in [0.2, 0.25) is 0 Å². The van der Waals surface area contributed by atoms with Crippen LogP contribution in [0.3, 0.4) is 0 Å². The van der Waals surface area contributed by atoms with E-state index in [4.69, 9.17) is 5.73 Å². The number of hydrogen-bond acceptors (Lipinski definition) is 4. The Bertz CT molecular complexity index is 677. The van der Waals surface area contributed by atoms with Crippen LogP contribution in [0.25, 0.3) is 0 Å². The molecule has 3 amide bonds. The highest BCUT2D eigenvalue weighted by atomic mass is 32.1. The molecule has 1 atom stereocenters. The number of urea groups is 1. The van der Waals surface area contributed by atoms with Crippen LogP contribution in [0.1, 0.15) is 21.2 Å². The number of nitrogens with zero attached hydrogens (tertiary/aromatic N) is 1. The maximum atomic E-state index is 12.1. The van der Waals surface area contributed by atoms with Gasteiger partial charge in [0.05, 0.1) is 5.69 Å². The van der Waals surface area contributed by atoms with Gasteiger partial charge >= 0.3 is 6.03 Å². The van der Waals surface area contributed by atoms with Crippen molar-refractivity contribution in [3.8, 4) is 0 Å². The highest BCUT2D eigenvalue weighted by Gasteiger charge is 2.14. The molecule has 0 heterocycles. The average Bonchev–Trinajstić information content (AvgIpc) is 2.59. The molecule has 2 rings (SSSR count). The average molecular weight is 347 g/mol. The Kier molecular flexibility index (Phi) is 5.95. The van der Waals surface area contributed by atoms with E-state index in [2.05, 4.69) is 30.8 Å². The molecular weight excluding hydrogens is 330 g/mol. The topological polar surface area (TPSA) is 75.4 Å². The Morgan fingerprint density at radius 1 is 1.09 bits per heavy atom. The van der Waals surface area contributed by atoms with Crippen molar-refractivity contribution in [1.29, 1.82) is 0 Å². The summed E-state index contributed by atoms with van der Waals surface area (Å²) in [4.78, 5) is 23.1. The summed E-state index contributed by atoms with van der Waals surface area (Å²) in [5.41, 5.74) is 7.10. The maximum Gasteiger partial charge on any atom is 0.331 e. The van der Waals surface area contributed by atoms with Crippen LogP contribution in [0.15, 0.2) is 54.6 Å². The molecule has 0 fully saturated rings. The smallest absolute Gasteiger partial charge is 0.331 e. The fourth-order valence-electron chi connectivity index (χ4n) is 1.94. The summed E-state index contributed by atoms with van der Waals surface area (Å²) in [5.74, 6) is -0.521. The van der Waals surface area contributed by atoms with E-state index in [0.717, 1.165) is 9.87 Å². The van der Waals surface area contributed by atoms with Crippen LogP contribution in [0.5, 0.6) is 0 Å². The molecule has 0 bridgehead atoms. The van der Waals surface area contributed by atoms with E-state index < -0.39 is 5.91 Å². The second kappa shape index (κ2) is 7.94. The van der Waals surface area contributed by atoms with E-state index in [1.807, 2.05) is 30.3 Å². The van der Waals surface area contributed by atoms with Gasteiger partial charge in [-0.2, -0.15) is 12.6 Å². The third-order valence-electron chi connectivity index (χ3n) is 3.22. The van der Waals surface area contributed by atoms with Gasteiger partial charge in [0.1, 0.15) is 0 Å². The van der Waals surface area contributed by atoms with Crippen molar-refractivity contribution in [2.75, 3.05) is 10.8 Å². The summed E-state index contributed by atoms with van der Waals surface area (Å²) in [6.07, 6.45) is 0. The number of amides is 3. The molecule has 0 aliphatic rings. The minimum atomic E-state index is -0.521. The zero-order chi connectivity index (χ0) is 16.8. The summed E-state index contributed by atoms with van der Waals surface area (Å²) < 4.78 is 1.16. The molecule has 1 unspecified atom stereocenters. The molecule has 0 saturated heterocycles. The Morgan fingerprint density at radius 3 is 2.26 bits per heavy atom. The second-order valence-corrected chi connectivity index (χ2v) is 5.86. The van der Waals surface area contributed by atoms with Crippen LogP contribution < -0.4 is 15.4 Å². The van der Waals surface area contributed by atoms with E-state index in [1.54, 1.807) is 24.3 Å². The minimum Gasteiger partial charge on any atom is -0.366 e. The second-order valence-electron chi connectivity index (χ2n) is 4.84. The molecule has 0 aromatic heterocycles. The van der Waals surface area contributed by atoms with Crippen LogP contribution in [0, 0.1) is 0 Å². The molecule has 120 valence electrons. The van der Waals surface area contributed by atoms with E-state index >= 15 is 0 Å².